The van der Waals surface area contributed by atoms with Gasteiger partial charge in [-0.3, -0.25) is 0 Å². The molecule has 3 aliphatic carbocycles. The second-order valence-electron chi connectivity index (χ2n) is 3.88. The maximum Gasteiger partial charge on any atom is -0.0235 e. The van der Waals surface area contributed by atoms with Gasteiger partial charge in [0.2, 0.25) is 0 Å². The molecule has 0 aromatic heterocycles. The lowest BCUT2D eigenvalue weighted by molar-refractivity contribution is 0.279. The Labute approximate surface area is 50.3 Å². The smallest absolute Gasteiger partial charge is 0.0235 e. The van der Waals surface area contributed by atoms with E-state index < -0.39 is 0 Å². The molecular weight excluding hydrogens is 96.1 g/mol. The van der Waals surface area contributed by atoms with Gasteiger partial charge in [0, 0.05) is 0 Å². The van der Waals surface area contributed by atoms with Crippen LogP contribution in [0.4, 0.5) is 0 Å². The van der Waals surface area contributed by atoms with Gasteiger partial charge >= 0.3 is 0 Å². The molecule has 0 heteroatoms. The second-order valence-corrected chi connectivity index (χ2v) is 3.88. The molecule has 44 valence electrons. The summed E-state index contributed by atoms with van der Waals surface area (Å²) >= 11 is 0. The predicted octanol–water partition coefficient (Wildman–Crippen LogP) is 2.20. The number of fused-ring (bicyclic) bond motifs is 1. The van der Waals surface area contributed by atoms with E-state index in [1.165, 1.54) is 11.8 Å². The average molecular weight is 108 g/mol. The van der Waals surface area contributed by atoms with Crippen molar-refractivity contribution in [2.24, 2.45) is 17.3 Å². The van der Waals surface area contributed by atoms with E-state index in [0.29, 0.717) is 0 Å². The molecule has 0 bridgehead atoms. The van der Waals surface area contributed by atoms with E-state index >= 15 is 0 Å². The van der Waals surface area contributed by atoms with Crippen molar-refractivity contribution >= 4 is 0 Å². The van der Waals surface area contributed by atoms with Crippen molar-refractivity contribution in [2.75, 3.05) is 0 Å². The highest BCUT2D eigenvalue weighted by Gasteiger charge is 2.71. The van der Waals surface area contributed by atoms with Gasteiger partial charge in [-0.1, -0.05) is 6.42 Å². The summed E-state index contributed by atoms with van der Waals surface area (Å²) in [6, 6.07) is 0. The highest BCUT2D eigenvalue weighted by Crippen LogP contribution is 2.79. The summed E-state index contributed by atoms with van der Waals surface area (Å²) in [4.78, 5) is 0. The summed E-state index contributed by atoms with van der Waals surface area (Å²) in [5, 5.41) is 0. The van der Waals surface area contributed by atoms with Gasteiger partial charge in [0.05, 0.1) is 0 Å². The molecule has 0 aliphatic heterocycles. The molecule has 0 aromatic rings. The van der Waals surface area contributed by atoms with Crippen molar-refractivity contribution in [2.45, 2.75) is 32.1 Å². The Morgan fingerprint density at radius 2 is 1.88 bits per heavy atom. The average Bonchev–Trinajstić information content (AvgIpc) is 2.20. The van der Waals surface area contributed by atoms with Gasteiger partial charge in [0.25, 0.3) is 0 Å². The number of hydrogen-bond donors (Lipinski definition) is 0. The van der Waals surface area contributed by atoms with Gasteiger partial charge in [-0.25, -0.2) is 0 Å². The van der Waals surface area contributed by atoms with Gasteiger partial charge in [0.15, 0.2) is 0 Å². The maximum atomic E-state index is 1.60. The van der Waals surface area contributed by atoms with Crippen LogP contribution in [0.25, 0.3) is 0 Å². The maximum absolute atomic E-state index is 1.60. The fraction of sp³-hybridized carbons (Fsp3) is 1.00. The molecule has 3 aliphatic rings. The Morgan fingerprint density at radius 3 is 2.25 bits per heavy atom. The molecule has 8 heavy (non-hydrogen) atoms. The number of hydrogen-bond acceptors (Lipinski definition) is 0. The van der Waals surface area contributed by atoms with Crippen LogP contribution in [0.2, 0.25) is 0 Å². The molecule has 0 nitrogen and oxygen atoms in total. The molecule has 0 heterocycles. The SMILES string of the molecule is C1C[C@H]2C3CC[C@@]32C1. The molecule has 3 rings (SSSR count). The van der Waals surface area contributed by atoms with Crippen LogP contribution in [0.15, 0.2) is 0 Å². The predicted molar refractivity (Wildman–Crippen MR) is 32.5 cm³/mol. The molecule has 0 radical (unpaired) electrons. The largest absolute Gasteiger partial charge is 0.0525 e. The highest BCUT2D eigenvalue weighted by molar-refractivity contribution is 5.20. The fourth-order valence-corrected chi connectivity index (χ4v) is 3.37. The molecule has 3 saturated carbocycles. The summed E-state index contributed by atoms with van der Waals surface area (Å²) in [6.07, 6.45) is 7.93. The van der Waals surface area contributed by atoms with Gasteiger partial charge in [-0.05, 0) is 42.9 Å². The summed E-state index contributed by atoms with van der Waals surface area (Å²) < 4.78 is 0. The Morgan fingerprint density at radius 1 is 1.00 bits per heavy atom. The standard InChI is InChI=1S/C8H12/c1-2-6-7-3-5-8(6,7)4-1/h6-7H,1-5H2/t6-,7?,8+/m0/s1. The van der Waals surface area contributed by atoms with Crippen LogP contribution in [0.5, 0.6) is 0 Å². The zero-order valence-electron chi connectivity index (χ0n) is 5.19. The molecule has 0 aromatic carbocycles. The first kappa shape index (κ1) is 3.92. The summed E-state index contributed by atoms with van der Waals surface area (Å²) in [5.41, 5.74) is 1.00. The summed E-state index contributed by atoms with van der Waals surface area (Å²) in [6.45, 7) is 0. The van der Waals surface area contributed by atoms with Crippen molar-refractivity contribution in [1.29, 1.82) is 0 Å². The van der Waals surface area contributed by atoms with E-state index in [0.717, 1.165) is 5.41 Å². The summed E-state index contributed by atoms with van der Waals surface area (Å²) in [7, 11) is 0. The van der Waals surface area contributed by atoms with Crippen LogP contribution < -0.4 is 0 Å². The lowest BCUT2D eigenvalue weighted by Crippen LogP contribution is -2.12. The van der Waals surface area contributed by atoms with Crippen LogP contribution in [0, 0.1) is 17.3 Å². The number of rotatable bonds is 0. The van der Waals surface area contributed by atoms with Crippen molar-refractivity contribution in [3.8, 4) is 0 Å². The molecule has 3 fully saturated rings. The third kappa shape index (κ3) is 0.206. The zero-order chi connectivity index (χ0) is 5.19. The highest BCUT2D eigenvalue weighted by atomic mass is 14.8. The normalized spacial score (nSPS) is 66.0. The first-order valence-corrected chi connectivity index (χ1v) is 3.93. The van der Waals surface area contributed by atoms with Gasteiger partial charge < -0.3 is 0 Å². The second kappa shape index (κ2) is 0.872. The van der Waals surface area contributed by atoms with Crippen molar-refractivity contribution in [3.63, 3.8) is 0 Å². The van der Waals surface area contributed by atoms with Gasteiger partial charge in [-0.15, -0.1) is 0 Å². The minimum absolute atomic E-state index is 1.00. The van der Waals surface area contributed by atoms with Crippen molar-refractivity contribution in [1.82, 2.24) is 0 Å². The van der Waals surface area contributed by atoms with Crippen LogP contribution in [-0.2, 0) is 0 Å². The minimum Gasteiger partial charge on any atom is -0.0525 e. The molecule has 0 saturated heterocycles. The monoisotopic (exact) mass is 108 g/mol. The third-order valence-corrected chi connectivity index (χ3v) is 3.93. The quantitative estimate of drug-likeness (QED) is 0.446. The van der Waals surface area contributed by atoms with E-state index in [-0.39, 0.29) is 0 Å². The topological polar surface area (TPSA) is 0 Å². The van der Waals surface area contributed by atoms with E-state index in [1.54, 1.807) is 32.1 Å². The Bertz CT molecular complexity index is 139. The van der Waals surface area contributed by atoms with Crippen LogP contribution in [-0.4, -0.2) is 0 Å². The first-order chi connectivity index (χ1) is 3.93. The molecule has 1 spiro atoms. The molecule has 0 N–H and O–H groups in total. The lowest BCUT2D eigenvalue weighted by atomic mass is 9.82. The lowest BCUT2D eigenvalue weighted by Gasteiger charge is -2.23. The van der Waals surface area contributed by atoms with E-state index in [2.05, 4.69) is 0 Å². The van der Waals surface area contributed by atoms with Gasteiger partial charge in [-0.2, -0.15) is 0 Å². The van der Waals surface area contributed by atoms with Crippen LogP contribution >= 0.6 is 0 Å². The van der Waals surface area contributed by atoms with Crippen LogP contribution in [0.3, 0.4) is 0 Å². The van der Waals surface area contributed by atoms with Crippen molar-refractivity contribution < 1.29 is 0 Å². The Kier molecular flexibility index (Phi) is 0.427. The van der Waals surface area contributed by atoms with Gasteiger partial charge in [0.1, 0.15) is 0 Å². The minimum atomic E-state index is 1.00. The molecule has 0 amide bonds. The van der Waals surface area contributed by atoms with Crippen LogP contribution in [0.1, 0.15) is 32.1 Å². The fourth-order valence-electron chi connectivity index (χ4n) is 3.37. The third-order valence-electron chi connectivity index (χ3n) is 3.93. The van der Waals surface area contributed by atoms with E-state index in [1.807, 2.05) is 0 Å². The molecular formula is C8H12. The molecule has 3 atom stereocenters. The van der Waals surface area contributed by atoms with E-state index in [4.69, 9.17) is 0 Å². The summed E-state index contributed by atoms with van der Waals surface area (Å²) in [5.74, 6) is 2.48. The first-order valence-electron chi connectivity index (χ1n) is 3.93. The van der Waals surface area contributed by atoms with Crippen molar-refractivity contribution in [3.05, 3.63) is 0 Å². The van der Waals surface area contributed by atoms with E-state index in [9.17, 15) is 0 Å². The zero-order valence-corrected chi connectivity index (χ0v) is 5.19. The Hall–Kier alpha value is 0. The Balaban J connectivity index is 2.00. The molecule has 1 unspecified atom stereocenters.